The molecule has 12 rings (SSSR count). The van der Waals surface area contributed by atoms with E-state index < -0.39 is 5.60 Å². The quantitative estimate of drug-likeness (QED) is 0.120. The van der Waals surface area contributed by atoms with Gasteiger partial charge in [-0.15, -0.1) is 10.2 Å². The number of aromatic nitrogens is 12. The molecular formula is C57H56N16O4. The highest BCUT2D eigenvalue weighted by Crippen LogP contribution is 2.24. The molecule has 20 nitrogen and oxygen atoms in total. The normalized spacial score (nSPS) is 14.4. The number of benzene rings is 4. The molecule has 0 radical (unpaired) electrons. The first kappa shape index (κ1) is 50.0. The minimum absolute atomic E-state index is 0.00390. The van der Waals surface area contributed by atoms with E-state index in [1.54, 1.807) is 51.2 Å². The van der Waals surface area contributed by atoms with Gasteiger partial charge in [-0.05, 0) is 131 Å². The van der Waals surface area contributed by atoms with Gasteiger partial charge < -0.3 is 25.6 Å². The molecule has 2 fully saturated rings. The van der Waals surface area contributed by atoms with Crippen molar-refractivity contribution >= 4 is 62.3 Å². The molecule has 0 aliphatic carbocycles. The highest BCUT2D eigenvalue weighted by molar-refractivity contribution is 5.95. The lowest BCUT2D eigenvalue weighted by atomic mass is 10.0. The third-order valence-corrected chi connectivity index (χ3v) is 13.5. The molecule has 4 aromatic carbocycles. The molecule has 0 atom stereocenters. The summed E-state index contributed by atoms with van der Waals surface area (Å²) in [4.78, 5) is 66.8. The molecule has 8 heterocycles. The lowest BCUT2D eigenvalue weighted by Gasteiger charge is -2.33. The van der Waals surface area contributed by atoms with Crippen LogP contribution in [0.15, 0.2) is 134 Å². The zero-order valence-corrected chi connectivity index (χ0v) is 42.9. The van der Waals surface area contributed by atoms with Crippen molar-refractivity contribution in [2.75, 3.05) is 26.2 Å². The predicted molar refractivity (Wildman–Crippen MR) is 290 cm³/mol. The Bertz CT molecular complexity index is 3750. The van der Waals surface area contributed by atoms with Crippen LogP contribution in [0.1, 0.15) is 78.3 Å². The molecule has 77 heavy (non-hydrogen) atoms. The molecule has 388 valence electrons. The molecule has 3 amide bonds. The van der Waals surface area contributed by atoms with Gasteiger partial charge in [0.2, 0.25) is 11.3 Å². The van der Waals surface area contributed by atoms with E-state index in [1.165, 1.54) is 0 Å². The first-order valence-corrected chi connectivity index (χ1v) is 25.8. The van der Waals surface area contributed by atoms with Gasteiger partial charge in [0.15, 0.2) is 11.3 Å². The smallest absolute Gasteiger partial charge is 0.410 e. The van der Waals surface area contributed by atoms with Crippen LogP contribution in [-0.4, -0.2) is 127 Å². The van der Waals surface area contributed by atoms with Crippen molar-refractivity contribution in [3.63, 3.8) is 0 Å². The van der Waals surface area contributed by atoms with Crippen LogP contribution in [0, 0.1) is 0 Å². The van der Waals surface area contributed by atoms with Crippen molar-refractivity contribution in [1.82, 2.24) is 80.7 Å². The summed E-state index contributed by atoms with van der Waals surface area (Å²) in [6, 6.07) is 35.1. The number of rotatable bonds is 10. The second-order valence-electron chi connectivity index (χ2n) is 20.2. The van der Waals surface area contributed by atoms with Gasteiger partial charge in [-0.2, -0.15) is 0 Å². The number of pyridine rings is 2. The van der Waals surface area contributed by atoms with E-state index in [0.29, 0.717) is 84.1 Å². The number of hydrogen-bond acceptors (Lipinski definition) is 15. The van der Waals surface area contributed by atoms with Crippen LogP contribution in [0.3, 0.4) is 0 Å². The van der Waals surface area contributed by atoms with Crippen LogP contribution in [0.25, 0.3) is 66.9 Å². The van der Waals surface area contributed by atoms with E-state index in [9.17, 15) is 14.4 Å². The second-order valence-corrected chi connectivity index (χ2v) is 20.2. The average molecular weight is 1030 g/mol. The third kappa shape index (κ3) is 11.9. The van der Waals surface area contributed by atoms with Gasteiger partial charge in [0.1, 0.15) is 5.60 Å². The van der Waals surface area contributed by atoms with Crippen LogP contribution < -0.4 is 16.0 Å². The summed E-state index contributed by atoms with van der Waals surface area (Å²) >= 11 is 0. The molecule has 10 aromatic rings. The number of fused-ring (bicyclic) bond motifs is 4. The highest BCUT2D eigenvalue weighted by atomic mass is 16.6. The van der Waals surface area contributed by atoms with Gasteiger partial charge >= 0.3 is 6.09 Å². The maximum Gasteiger partial charge on any atom is 0.410 e. The number of nitrogens with zero attached hydrogens (tertiary/aromatic N) is 13. The number of nitrogens with one attached hydrogen (secondary N) is 3. The Morgan fingerprint density at radius 3 is 1.53 bits per heavy atom. The van der Waals surface area contributed by atoms with E-state index >= 15 is 0 Å². The molecule has 0 bridgehead atoms. The fourth-order valence-corrected chi connectivity index (χ4v) is 9.42. The monoisotopic (exact) mass is 1030 g/mol. The van der Waals surface area contributed by atoms with E-state index in [2.05, 4.69) is 68.6 Å². The van der Waals surface area contributed by atoms with E-state index in [1.807, 2.05) is 106 Å². The van der Waals surface area contributed by atoms with Crippen molar-refractivity contribution in [3.8, 4) is 22.5 Å². The Hall–Kier alpha value is -9.17. The molecule has 20 heteroatoms. The standard InChI is InChI=1S/C31H32N8O3.C26H24N8O/c1-31(2,3)42-30(41)38-15-12-24(13-16-38)34-29(40)22-9-7-21(8-10-22)26-18-33-27-28(35-26)39(37-36-27)19-20-6-11-25-23(17-20)5-4-14-32-25;35-26(30-21-9-12-27-13-10-21)19-6-4-18(5-7-19)23-15-29-24-25(31-23)34(33-32-24)16-17-3-8-22-20(14-17)2-1-11-28-22/h4-11,14,17-18,24H,12-13,15-16,19H2,1-3H3,(H,34,40);1-8,11,14-15,21,27H,9-10,12-13,16H2,(H,30,35). The summed E-state index contributed by atoms with van der Waals surface area (Å²) in [5.74, 6) is -0.190. The first-order valence-electron chi connectivity index (χ1n) is 25.8. The van der Waals surface area contributed by atoms with Crippen molar-refractivity contribution in [3.05, 3.63) is 156 Å². The number of piperidine rings is 2. The number of hydrogen-bond donors (Lipinski definition) is 3. The number of amides is 3. The molecule has 3 N–H and O–H groups in total. The van der Waals surface area contributed by atoms with Crippen LogP contribution in [0.4, 0.5) is 4.79 Å². The summed E-state index contributed by atoms with van der Waals surface area (Å²) < 4.78 is 8.95. The van der Waals surface area contributed by atoms with Crippen molar-refractivity contribution in [2.45, 2.75) is 77.2 Å². The molecule has 2 aliphatic heterocycles. The van der Waals surface area contributed by atoms with Crippen LogP contribution >= 0.6 is 0 Å². The highest BCUT2D eigenvalue weighted by Gasteiger charge is 2.28. The Balaban J connectivity index is 0.000000166. The van der Waals surface area contributed by atoms with E-state index in [0.717, 1.165) is 70.0 Å². The lowest BCUT2D eigenvalue weighted by Crippen LogP contribution is -2.47. The molecule has 2 aliphatic rings. The minimum Gasteiger partial charge on any atom is -0.444 e. The Morgan fingerprint density at radius 2 is 1.06 bits per heavy atom. The van der Waals surface area contributed by atoms with Crippen LogP contribution in [-0.2, 0) is 17.8 Å². The molecule has 6 aromatic heterocycles. The van der Waals surface area contributed by atoms with Crippen molar-refractivity contribution in [2.24, 2.45) is 0 Å². The SMILES string of the molecule is CC(C)(C)OC(=O)N1CCC(NC(=O)c2ccc(-c3cnc4nnn(Cc5ccc6ncccc6c5)c4n3)cc2)CC1.O=C(NC1CCNCC1)c1ccc(-c2cnc3nnn(Cc4ccc5ncccc5c4)c3n2)cc1. The van der Waals surface area contributed by atoms with Crippen LogP contribution in [0.2, 0.25) is 0 Å². The van der Waals surface area contributed by atoms with Crippen molar-refractivity contribution < 1.29 is 19.1 Å². The zero-order valence-electron chi connectivity index (χ0n) is 42.9. The maximum absolute atomic E-state index is 12.9. The third-order valence-electron chi connectivity index (χ3n) is 13.5. The zero-order chi connectivity index (χ0) is 52.9. The fourth-order valence-electron chi connectivity index (χ4n) is 9.42. The Labute approximate surface area is 442 Å². The van der Waals surface area contributed by atoms with Gasteiger partial charge in [-0.1, -0.05) is 59.0 Å². The van der Waals surface area contributed by atoms with Crippen molar-refractivity contribution in [1.29, 1.82) is 0 Å². The largest absolute Gasteiger partial charge is 0.444 e. The molecular weight excluding hydrogens is 973 g/mol. The average Bonchev–Trinajstić information content (AvgIpc) is 4.07. The van der Waals surface area contributed by atoms with Gasteiger partial charge in [-0.25, -0.2) is 34.1 Å². The Morgan fingerprint density at radius 1 is 0.597 bits per heavy atom. The summed E-state index contributed by atoms with van der Waals surface area (Å²) in [6.45, 7) is 9.55. The molecule has 0 spiro atoms. The second kappa shape index (κ2) is 22.0. The van der Waals surface area contributed by atoms with Crippen LogP contribution in [0.5, 0.6) is 0 Å². The molecule has 0 unspecified atom stereocenters. The number of carbonyl (C=O) groups is 3. The Kier molecular flexibility index (Phi) is 14.3. The number of carbonyl (C=O) groups excluding carboxylic acids is 3. The van der Waals surface area contributed by atoms with E-state index in [4.69, 9.17) is 14.7 Å². The van der Waals surface area contributed by atoms with Gasteiger partial charge in [0.25, 0.3) is 11.8 Å². The molecule has 0 saturated carbocycles. The van der Waals surface area contributed by atoms with E-state index in [-0.39, 0.29) is 30.0 Å². The summed E-state index contributed by atoms with van der Waals surface area (Å²) in [7, 11) is 0. The fraction of sp³-hybridized carbons (Fsp3) is 0.281. The first-order chi connectivity index (χ1) is 37.4. The summed E-state index contributed by atoms with van der Waals surface area (Å²) in [5, 5.41) is 28.6. The topological polar surface area (TPSA) is 239 Å². The molecule has 2 saturated heterocycles. The number of likely N-dealkylation sites (tertiary alicyclic amines) is 1. The maximum atomic E-state index is 12.9. The summed E-state index contributed by atoms with van der Waals surface area (Å²) in [5.41, 5.74) is 9.92. The summed E-state index contributed by atoms with van der Waals surface area (Å²) in [6.07, 6.45) is 9.87. The van der Waals surface area contributed by atoms with Gasteiger partial charge in [-0.3, -0.25) is 19.6 Å². The number of ether oxygens (including phenoxy) is 1. The lowest BCUT2D eigenvalue weighted by molar-refractivity contribution is 0.0199. The van der Waals surface area contributed by atoms with Gasteiger partial charge in [0.05, 0.1) is 47.9 Å². The predicted octanol–water partition coefficient (Wildman–Crippen LogP) is 7.58. The minimum atomic E-state index is -0.528. The van der Waals surface area contributed by atoms with Gasteiger partial charge in [0, 0.05) is 70.6 Å².